The van der Waals surface area contributed by atoms with Gasteiger partial charge in [0.1, 0.15) is 0 Å². The minimum absolute atomic E-state index is 0.172. The first-order valence-corrected chi connectivity index (χ1v) is 5.39. The first-order chi connectivity index (χ1) is 6.77. The molecule has 1 aliphatic carbocycles. The Hall–Kier alpha value is -0.830. The van der Waals surface area contributed by atoms with Crippen LogP contribution in [0.4, 0.5) is 0 Å². The molecule has 1 aliphatic heterocycles. The van der Waals surface area contributed by atoms with Crippen LogP contribution in [0.2, 0.25) is 0 Å². The van der Waals surface area contributed by atoms with E-state index >= 15 is 0 Å². The molecule has 0 spiro atoms. The van der Waals surface area contributed by atoms with Crippen LogP contribution >= 0.6 is 0 Å². The second-order valence-corrected chi connectivity index (χ2v) is 4.21. The van der Waals surface area contributed by atoms with Crippen molar-refractivity contribution in [1.29, 1.82) is 0 Å². The van der Waals surface area contributed by atoms with E-state index in [1.54, 1.807) is 0 Å². The monoisotopic (exact) mass is 195 g/mol. The number of allylic oxidation sites excluding steroid dienone is 2. The summed E-state index contributed by atoms with van der Waals surface area (Å²) in [5.41, 5.74) is 0. The molecule has 1 heterocycles. The van der Waals surface area contributed by atoms with Gasteiger partial charge in [0.15, 0.2) is 0 Å². The number of hydrogen-bond acceptors (Lipinski definition) is 2. The molecule has 2 atom stereocenters. The van der Waals surface area contributed by atoms with Gasteiger partial charge in [0.2, 0.25) is 5.91 Å². The van der Waals surface area contributed by atoms with Gasteiger partial charge in [-0.25, -0.2) is 0 Å². The molecular formula is C11H17NO2. The van der Waals surface area contributed by atoms with E-state index in [0.717, 1.165) is 32.2 Å². The summed E-state index contributed by atoms with van der Waals surface area (Å²) < 4.78 is 0. The number of rotatable bonds is 1. The van der Waals surface area contributed by atoms with Crippen LogP contribution < -0.4 is 0 Å². The van der Waals surface area contributed by atoms with Gasteiger partial charge in [-0.3, -0.25) is 4.79 Å². The first kappa shape index (κ1) is 9.71. The summed E-state index contributed by atoms with van der Waals surface area (Å²) in [5, 5.41) is 9.34. The third-order valence-corrected chi connectivity index (χ3v) is 3.09. The average molecular weight is 195 g/mol. The molecule has 3 heteroatoms. The highest BCUT2D eigenvalue weighted by Crippen LogP contribution is 2.22. The zero-order chi connectivity index (χ0) is 9.97. The molecule has 14 heavy (non-hydrogen) atoms. The number of amides is 1. The van der Waals surface area contributed by atoms with E-state index in [2.05, 4.69) is 12.2 Å². The number of likely N-dealkylation sites (tertiary alicyclic amines) is 1. The third kappa shape index (κ3) is 1.98. The molecule has 0 bridgehead atoms. The lowest BCUT2D eigenvalue weighted by Gasteiger charge is -2.23. The molecule has 0 aromatic rings. The number of β-amino-alcohol motifs (C(OH)–C–C–N with tert-alkyl or cyclic N) is 1. The van der Waals surface area contributed by atoms with E-state index in [-0.39, 0.29) is 17.9 Å². The fourth-order valence-corrected chi connectivity index (χ4v) is 2.22. The highest BCUT2D eigenvalue weighted by Gasteiger charge is 2.29. The summed E-state index contributed by atoms with van der Waals surface area (Å²) in [6, 6.07) is 0. The van der Waals surface area contributed by atoms with Crippen molar-refractivity contribution in [3.63, 3.8) is 0 Å². The summed E-state index contributed by atoms with van der Waals surface area (Å²) >= 11 is 0. The summed E-state index contributed by atoms with van der Waals surface area (Å²) in [4.78, 5) is 13.7. The van der Waals surface area contributed by atoms with E-state index in [9.17, 15) is 9.90 Å². The quantitative estimate of drug-likeness (QED) is 0.632. The van der Waals surface area contributed by atoms with E-state index in [1.807, 2.05) is 4.90 Å². The van der Waals surface area contributed by atoms with Gasteiger partial charge in [-0.2, -0.15) is 0 Å². The van der Waals surface area contributed by atoms with Gasteiger partial charge < -0.3 is 10.0 Å². The topological polar surface area (TPSA) is 40.5 Å². The predicted molar refractivity (Wildman–Crippen MR) is 53.7 cm³/mol. The largest absolute Gasteiger partial charge is 0.391 e. The summed E-state index contributed by atoms with van der Waals surface area (Å²) in [7, 11) is 0. The maximum absolute atomic E-state index is 11.9. The molecule has 0 aromatic carbocycles. The summed E-state index contributed by atoms with van der Waals surface area (Å²) in [5.74, 6) is 0.413. The van der Waals surface area contributed by atoms with Crippen molar-refractivity contribution >= 4 is 5.91 Å². The fourth-order valence-electron chi connectivity index (χ4n) is 2.22. The maximum Gasteiger partial charge on any atom is 0.226 e. The molecule has 0 radical (unpaired) electrons. The van der Waals surface area contributed by atoms with Crippen molar-refractivity contribution in [1.82, 2.24) is 4.90 Å². The Kier molecular flexibility index (Phi) is 2.87. The molecule has 78 valence electrons. The molecule has 2 unspecified atom stereocenters. The number of nitrogens with zero attached hydrogens (tertiary/aromatic N) is 1. The zero-order valence-corrected chi connectivity index (χ0v) is 8.35. The van der Waals surface area contributed by atoms with Gasteiger partial charge in [-0.1, -0.05) is 12.2 Å². The molecule has 1 amide bonds. The lowest BCUT2D eigenvalue weighted by Crippen LogP contribution is -2.35. The molecule has 1 N–H and O–H groups in total. The van der Waals surface area contributed by atoms with Crippen LogP contribution in [0.5, 0.6) is 0 Å². The van der Waals surface area contributed by atoms with Crippen LogP contribution in [0, 0.1) is 5.92 Å². The van der Waals surface area contributed by atoms with Gasteiger partial charge in [0, 0.05) is 19.0 Å². The SMILES string of the molecule is O=C(C1CC=CCC1)N1CCC(O)C1. The van der Waals surface area contributed by atoms with Crippen LogP contribution in [0.25, 0.3) is 0 Å². The highest BCUT2D eigenvalue weighted by molar-refractivity contribution is 5.79. The molecule has 1 saturated heterocycles. The number of aliphatic hydroxyl groups is 1. The molecule has 0 aromatic heterocycles. The Morgan fingerprint density at radius 2 is 2.21 bits per heavy atom. The number of aliphatic hydroxyl groups excluding tert-OH is 1. The molecular weight excluding hydrogens is 178 g/mol. The van der Waals surface area contributed by atoms with Crippen molar-refractivity contribution < 1.29 is 9.90 Å². The van der Waals surface area contributed by atoms with Crippen LogP contribution in [-0.4, -0.2) is 35.1 Å². The highest BCUT2D eigenvalue weighted by atomic mass is 16.3. The number of hydrogen-bond donors (Lipinski definition) is 1. The minimum atomic E-state index is -0.293. The van der Waals surface area contributed by atoms with Gasteiger partial charge >= 0.3 is 0 Å². The summed E-state index contributed by atoms with van der Waals surface area (Å²) in [6.45, 7) is 1.28. The molecule has 0 saturated carbocycles. The molecule has 2 rings (SSSR count). The van der Waals surface area contributed by atoms with Gasteiger partial charge in [-0.15, -0.1) is 0 Å². The Morgan fingerprint density at radius 1 is 1.36 bits per heavy atom. The van der Waals surface area contributed by atoms with Crippen molar-refractivity contribution in [2.45, 2.75) is 31.8 Å². The standard InChI is InChI=1S/C11H17NO2/c13-10-6-7-12(8-10)11(14)9-4-2-1-3-5-9/h1-2,9-10,13H,3-8H2. The van der Waals surface area contributed by atoms with E-state index in [1.165, 1.54) is 0 Å². The van der Waals surface area contributed by atoms with Crippen molar-refractivity contribution in [3.8, 4) is 0 Å². The average Bonchev–Trinajstić information content (AvgIpc) is 2.65. The van der Waals surface area contributed by atoms with Crippen molar-refractivity contribution in [2.75, 3.05) is 13.1 Å². The molecule has 1 fully saturated rings. The lowest BCUT2D eigenvalue weighted by atomic mass is 9.93. The second-order valence-electron chi connectivity index (χ2n) is 4.21. The van der Waals surface area contributed by atoms with Crippen LogP contribution in [0.3, 0.4) is 0 Å². The number of carbonyl (C=O) groups excluding carboxylic acids is 1. The first-order valence-electron chi connectivity index (χ1n) is 5.39. The lowest BCUT2D eigenvalue weighted by molar-refractivity contribution is -0.135. The van der Waals surface area contributed by atoms with Crippen LogP contribution in [-0.2, 0) is 4.79 Å². The third-order valence-electron chi connectivity index (χ3n) is 3.09. The van der Waals surface area contributed by atoms with E-state index in [0.29, 0.717) is 6.54 Å². The summed E-state index contributed by atoms with van der Waals surface area (Å²) in [6.07, 6.45) is 7.56. The normalized spacial score (nSPS) is 32.2. The number of carbonyl (C=O) groups is 1. The van der Waals surface area contributed by atoms with Gasteiger partial charge in [0.25, 0.3) is 0 Å². The van der Waals surface area contributed by atoms with Crippen molar-refractivity contribution in [3.05, 3.63) is 12.2 Å². The zero-order valence-electron chi connectivity index (χ0n) is 8.35. The Bertz CT molecular complexity index is 250. The van der Waals surface area contributed by atoms with Crippen LogP contribution in [0.1, 0.15) is 25.7 Å². The van der Waals surface area contributed by atoms with Crippen LogP contribution in [0.15, 0.2) is 12.2 Å². The second kappa shape index (κ2) is 4.13. The Balaban J connectivity index is 1.91. The molecule has 2 aliphatic rings. The van der Waals surface area contributed by atoms with E-state index < -0.39 is 0 Å². The van der Waals surface area contributed by atoms with Gasteiger partial charge in [-0.05, 0) is 25.7 Å². The maximum atomic E-state index is 11.9. The Morgan fingerprint density at radius 3 is 2.79 bits per heavy atom. The fraction of sp³-hybridized carbons (Fsp3) is 0.727. The minimum Gasteiger partial charge on any atom is -0.391 e. The van der Waals surface area contributed by atoms with E-state index in [4.69, 9.17) is 0 Å². The molecule has 3 nitrogen and oxygen atoms in total. The van der Waals surface area contributed by atoms with Gasteiger partial charge in [0.05, 0.1) is 6.10 Å². The van der Waals surface area contributed by atoms with Crippen molar-refractivity contribution in [2.24, 2.45) is 5.92 Å². The predicted octanol–water partition coefficient (Wildman–Crippen LogP) is 0.936. The smallest absolute Gasteiger partial charge is 0.226 e. The Labute approximate surface area is 84.4 Å².